The summed E-state index contributed by atoms with van der Waals surface area (Å²) in [6, 6.07) is 9.83. The van der Waals surface area contributed by atoms with Gasteiger partial charge in [-0.05, 0) is 24.4 Å². The van der Waals surface area contributed by atoms with Crippen molar-refractivity contribution < 1.29 is 14.6 Å². The van der Waals surface area contributed by atoms with E-state index in [-0.39, 0.29) is 12.4 Å². The van der Waals surface area contributed by atoms with Crippen molar-refractivity contribution in [3.63, 3.8) is 0 Å². The number of hydrogen-bond acceptors (Lipinski definition) is 4. The standard InChI is InChI=1S/C13H14O3S/c1-2-16-13(15)8-10(14)12-7-9-5-3-4-6-11(9)17-12/h3-7,10,14H,2,8H2,1H3. The highest BCUT2D eigenvalue weighted by molar-refractivity contribution is 7.19. The molecule has 0 bridgehead atoms. The van der Waals surface area contributed by atoms with Gasteiger partial charge in [-0.2, -0.15) is 0 Å². The van der Waals surface area contributed by atoms with E-state index in [2.05, 4.69) is 0 Å². The fraction of sp³-hybridized carbons (Fsp3) is 0.308. The molecule has 0 aliphatic heterocycles. The van der Waals surface area contributed by atoms with E-state index in [1.54, 1.807) is 6.92 Å². The van der Waals surface area contributed by atoms with Crippen LogP contribution < -0.4 is 0 Å². The van der Waals surface area contributed by atoms with Gasteiger partial charge in [-0.15, -0.1) is 11.3 Å². The quantitative estimate of drug-likeness (QED) is 0.849. The summed E-state index contributed by atoms with van der Waals surface area (Å²) in [5.41, 5.74) is 0. The number of esters is 1. The number of carbonyl (C=O) groups excluding carboxylic acids is 1. The lowest BCUT2D eigenvalue weighted by molar-refractivity contribution is -0.145. The molecule has 1 N–H and O–H groups in total. The van der Waals surface area contributed by atoms with E-state index < -0.39 is 6.10 Å². The van der Waals surface area contributed by atoms with Crippen molar-refractivity contribution in [1.82, 2.24) is 0 Å². The number of aliphatic hydroxyl groups is 1. The Labute approximate surface area is 104 Å². The molecule has 0 spiro atoms. The van der Waals surface area contributed by atoms with E-state index >= 15 is 0 Å². The Morgan fingerprint density at radius 2 is 2.24 bits per heavy atom. The van der Waals surface area contributed by atoms with E-state index in [1.165, 1.54) is 11.3 Å². The summed E-state index contributed by atoms with van der Waals surface area (Å²) < 4.78 is 5.93. The summed E-state index contributed by atoms with van der Waals surface area (Å²) in [5, 5.41) is 11.0. The van der Waals surface area contributed by atoms with Crippen molar-refractivity contribution in [3.05, 3.63) is 35.2 Å². The Bertz CT molecular complexity index is 485. The molecule has 1 aromatic heterocycles. The Morgan fingerprint density at radius 3 is 2.94 bits per heavy atom. The third kappa shape index (κ3) is 2.84. The number of thiophene rings is 1. The molecule has 4 heteroatoms. The second kappa shape index (κ2) is 5.29. The summed E-state index contributed by atoms with van der Waals surface area (Å²) in [6.45, 7) is 2.10. The van der Waals surface area contributed by atoms with Crippen molar-refractivity contribution >= 4 is 27.4 Å². The lowest BCUT2D eigenvalue weighted by Crippen LogP contribution is -2.09. The molecule has 0 aliphatic rings. The molecule has 17 heavy (non-hydrogen) atoms. The van der Waals surface area contributed by atoms with Crippen LogP contribution in [0.1, 0.15) is 24.3 Å². The Hall–Kier alpha value is -1.39. The normalized spacial score (nSPS) is 12.6. The maximum Gasteiger partial charge on any atom is 0.308 e. The van der Waals surface area contributed by atoms with Crippen LogP contribution in [0.2, 0.25) is 0 Å². The smallest absolute Gasteiger partial charge is 0.308 e. The van der Waals surface area contributed by atoms with Gasteiger partial charge < -0.3 is 9.84 Å². The van der Waals surface area contributed by atoms with E-state index in [9.17, 15) is 9.90 Å². The Kier molecular flexibility index (Phi) is 3.76. The molecule has 0 aliphatic carbocycles. The van der Waals surface area contributed by atoms with Gasteiger partial charge in [0.2, 0.25) is 0 Å². The molecule has 0 amide bonds. The predicted molar refractivity (Wildman–Crippen MR) is 68.0 cm³/mol. The second-order valence-corrected chi connectivity index (χ2v) is 4.83. The van der Waals surface area contributed by atoms with Crippen LogP contribution in [0.4, 0.5) is 0 Å². The van der Waals surface area contributed by atoms with Crippen molar-refractivity contribution in [2.45, 2.75) is 19.4 Å². The predicted octanol–water partition coefficient (Wildman–Crippen LogP) is 2.89. The fourth-order valence-corrected chi connectivity index (χ4v) is 2.70. The number of ether oxygens (including phenoxy) is 1. The highest BCUT2D eigenvalue weighted by Gasteiger charge is 2.16. The molecule has 0 saturated carbocycles. The first-order valence-corrected chi connectivity index (χ1v) is 6.34. The van der Waals surface area contributed by atoms with Crippen LogP contribution in [0, 0.1) is 0 Å². The summed E-state index contributed by atoms with van der Waals surface area (Å²) in [4.78, 5) is 12.1. The molecule has 3 nitrogen and oxygen atoms in total. The van der Waals surface area contributed by atoms with Gasteiger partial charge in [0.15, 0.2) is 0 Å². The number of aliphatic hydroxyl groups excluding tert-OH is 1. The van der Waals surface area contributed by atoms with Crippen molar-refractivity contribution in [2.75, 3.05) is 6.61 Å². The minimum atomic E-state index is -0.772. The SMILES string of the molecule is CCOC(=O)CC(O)c1cc2ccccc2s1. The zero-order valence-electron chi connectivity index (χ0n) is 9.55. The van der Waals surface area contributed by atoms with Gasteiger partial charge >= 0.3 is 5.97 Å². The lowest BCUT2D eigenvalue weighted by atomic mass is 10.2. The number of benzene rings is 1. The van der Waals surface area contributed by atoms with Crippen molar-refractivity contribution in [2.24, 2.45) is 0 Å². The minimum absolute atomic E-state index is 0.0145. The topological polar surface area (TPSA) is 46.5 Å². The molecule has 90 valence electrons. The number of rotatable bonds is 4. The molecular weight excluding hydrogens is 236 g/mol. The average molecular weight is 250 g/mol. The first kappa shape index (κ1) is 12.1. The third-order valence-electron chi connectivity index (χ3n) is 2.44. The van der Waals surface area contributed by atoms with Gasteiger partial charge in [0.1, 0.15) is 0 Å². The Morgan fingerprint density at radius 1 is 1.47 bits per heavy atom. The van der Waals surface area contributed by atoms with Crippen LogP contribution in [0.25, 0.3) is 10.1 Å². The summed E-state index contributed by atoms with van der Waals surface area (Å²) >= 11 is 1.51. The van der Waals surface area contributed by atoms with E-state index in [0.29, 0.717) is 6.61 Å². The minimum Gasteiger partial charge on any atom is -0.466 e. The van der Waals surface area contributed by atoms with Gasteiger partial charge in [-0.3, -0.25) is 4.79 Å². The zero-order chi connectivity index (χ0) is 12.3. The Balaban J connectivity index is 2.13. The maximum atomic E-state index is 11.3. The van der Waals surface area contributed by atoms with E-state index in [4.69, 9.17) is 4.74 Å². The van der Waals surface area contributed by atoms with Gasteiger partial charge in [-0.1, -0.05) is 18.2 Å². The van der Waals surface area contributed by atoms with Crippen LogP contribution in [-0.2, 0) is 9.53 Å². The van der Waals surface area contributed by atoms with Crippen LogP contribution in [0.15, 0.2) is 30.3 Å². The van der Waals surface area contributed by atoms with Gasteiger partial charge in [-0.25, -0.2) is 0 Å². The number of hydrogen-bond donors (Lipinski definition) is 1. The van der Waals surface area contributed by atoms with Crippen molar-refractivity contribution in [3.8, 4) is 0 Å². The largest absolute Gasteiger partial charge is 0.466 e. The molecule has 1 aromatic carbocycles. The summed E-state index contributed by atoms with van der Waals surface area (Å²) in [6.07, 6.45) is -0.757. The average Bonchev–Trinajstić information content (AvgIpc) is 2.72. The molecule has 1 unspecified atom stereocenters. The monoisotopic (exact) mass is 250 g/mol. The second-order valence-electron chi connectivity index (χ2n) is 3.71. The van der Waals surface area contributed by atoms with Gasteiger partial charge in [0.05, 0.1) is 19.1 Å². The molecule has 1 heterocycles. The molecule has 0 fully saturated rings. The molecule has 1 atom stereocenters. The van der Waals surface area contributed by atoms with Gasteiger partial charge in [0, 0.05) is 9.58 Å². The van der Waals surface area contributed by atoms with Gasteiger partial charge in [0.25, 0.3) is 0 Å². The highest BCUT2D eigenvalue weighted by atomic mass is 32.1. The van der Waals surface area contributed by atoms with E-state index in [1.807, 2.05) is 30.3 Å². The molecule has 0 radical (unpaired) electrons. The summed E-state index contributed by atoms with van der Waals surface area (Å²) in [7, 11) is 0. The molecular formula is C13H14O3S. The highest BCUT2D eigenvalue weighted by Crippen LogP contribution is 2.31. The third-order valence-corrected chi connectivity index (χ3v) is 3.66. The maximum absolute atomic E-state index is 11.3. The van der Waals surface area contributed by atoms with Crippen LogP contribution in [0.3, 0.4) is 0 Å². The zero-order valence-corrected chi connectivity index (χ0v) is 10.4. The van der Waals surface area contributed by atoms with Crippen molar-refractivity contribution in [1.29, 1.82) is 0 Å². The summed E-state index contributed by atoms with van der Waals surface area (Å²) in [5.74, 6) is -0.363. The number of fused-ring (bicyclic) bond motifs is 1. The van der Waals surface area contributed by atoms with Crippen LogP contribution in [-0.4, -0.2) is 17.7 Å². The van der Waals surface area contributed by atoms with E-state index in [0.717, 1.165) is 15.0 Å². The number of carbonyl (C=O) groups is 1. The van der Waals surface area contributed by atoms with Crippen LogP contribution in [0.5, 0.6) is 0 Å². The molecule has 0 saturated heterocycles. The molecule has 2 rings (SSSR count). The first-order chi connectivity index (χ1) is 8.20. The molecule has 2 aromatic rings. The first-order valence-electron chi connectivity index (χ1n) is 5.53. The van der Waals surface area contributed by atoms with Crippen LogP contribution >= 0.6 is 11.3 Å². The lowest BCUT2D eigenvalue weighted by Gasteiger charge is -2.06. The fourth-order valence-electron chi connectivity index (χ4n) is 1.65.